The first kappa shape index (κ1) is 46.8. The summed E-state index contributed by atoms with van der Waals surface area (Å²) in [4.78, 5) is 43.7. The normalized spacial score (nSPS) is 42.9. The van der Waals surface area contributed by atoms with Gasteiger partial charge in [0, 0.05) is 52.0 Å². The number of alkyl halides is 1. The van der Waals surface area contributed by atoms with E-state index < -0.39 is 78.1 Å². The number of halogens is 1. The molecule has 1 saturated carbocycles. The number of Topliss-reactive ketones (excluding diaryl/α,β-unsaturated/α-hetero) is 1. The van der Waals surface area contributed by atoms with Crippen LogP contribution in [-0.2, 0) is 38.1 Å². The Morgan fingerprint density at radius 3 is 2.27 bits per heavy atom. The number of allylic oxidation sites excluding steroid dienone is 3. The molecule has 0 aromatic heterocycles. The van der Waals surface area contributed by atoms with Crippen LogP contribution in [0.4, 0.5) is 0 Å². The van der Waals surface area contributed by atoms with Crippen molar-refractivity contribution in [2.75, 3.05) is 27.9 Å². The van der Waals surface area contributed by atoms with Gasteiger partial charge in [-0.15, -0.1) is 11.6 Å². The number of ketones is 1. The number of aliphatic hydroxyl groups excluding tert-OH is 2. The van der Waals surface area contributed by atoms with Crippen LogP contribution in [-0.4, -0.2) is 126 Å². The van der Waals surface area contributed by atoms with Gasteiger partial charge in [0.1, 0.15) is 24.0 Å². The Balaban J connectivity index is 1.76. The van der Waals surface area contributed by atoms with Gasteiger partial charge in [-0.3, -0.25) is 9.59 Å². The highest BCUT2D eigenvalue weighted by Gasteiger charge is 2.56. The first-order valence-electron chi connectivity index (χ1n) is 20.9. The Morgan fingerprint density at radius 1 is 0.964 bits per heavy atom. The van der Waals surface area contributed by atoms with E-state index in [1.165, 1.54) is 4.90 Å². The van der Waals surface area contributed by atoms with Gasteiger partial charge in [0.05, 0.1) is 29.8 Å². The van der Waals surface area contributed by atoms with Crippen LogP contribution in [0.5, 0.6) is 0 Å². The minimum absolute atomic E-state index is 0.0649. The smallest absolute Gasteiger partial charge is 0.329 e. The maximum absolute atomic E-state index is 14.3. The lowest BCUT2D eigenvalue weighted by molar-refractivity contribution is -0.346. The van der Waals surface area contributed by atoms with Crippen LogP contribution >= 0.6 is 11.6 Å². The summed E-state index contributed by atoms with van der Waals surface area (Å²) in [6.07, 6.45) is 3.63. The van der Waals surface area contributed by atoms with Crippen LogP contribution in [0.25, 0.3) is 0 Å². The van der Waals surface area contributed by atoms with Crippen molar-refractivity contribution in [3.8, 4) is 0 Å². The number of hydrogen-bond donors (Lipinski definition) is 3. The number of carbonyl (C=O) groups excluding carboxylic acids is 3. The van der Waals surface area contributed by atoms with Crippen molar-refractivity contribution in [1.82, 2.24) is 4.90 Å². The largest absolute Gasteiger partial charge is 0.456 e. The highest BCUT2D eigenvalue weighted by atomic mass is 35.5. The molecule has 0 radical (unpaired) electrons. The molecule has 2 bridgehead atoms. The van der Waals surface area contributed by atoms with Crippen LogP contribution < -0.4 is 0 Å². The van der Waals surface area contributed by atoms with E-state index in [9.17, 15) is 29.7 Å². The fourth-order valence-electron chi connectivity index (χ4n) is 9.51. The Labute approximate surface area is 339 Å². The molecular weight excluding hydrogens is 742 g/mol. The van der Waals surface area contributed by atoms with Gasteiger partial charge in [0.25, 0.3) is 5.91 Å². The predicted octanol–water partition coefficient (Wildman–Crippen LogP) is 5.51. The second-order valence-electron chi connectivity index (χ2n) is 17.3. The fourth-order valence-corrected chi connectivity index (χ4v) is 9.84. The summed E-state index contributed by atoms with van der Waals surface area (Å²) in [5, 5.41) is 35.5. The van der Waals surface area contributed by atoms with Gasteiger partial charge in [0.15, 0.2) is 6.10 Å². The van der Waals surface area contributed by atoms with E-state index in [2.05, 4.69) is 13.0 Å². The minimum Gasteiger partial charge on any atom is -0.456 e. The molecule has 4 rings (SSSR count). The number of cyclic esters (lactones) is 1. The third kappa shape index (κ3) is 11.0. The molecule has 2 unspecified atom stereocenters. The third-order valence-corrected chi connectivity index (χ3v) is 13.5. The lowest BCUT2D eigenvalue weighted by atomic mass is 9.81. The summed E-state index contributed by atoms with van der Waals surface area (Å²) in [7, 11) is 4.76. The lowest BCUT2D eigenvalue weighted by Crippen LogP contribution is -2.66. The Hall–Kier alpha value is -1.90. The molecule has 0 aromatic carbocycles. The Bertz CT molecular complexity index is 1390. The molecule has 4 aliphatic rings. The van der Waals surface area contributed by atoms with Crippen molar-refractivity contribution < 1.29 is 53.4 Å². The van der Waals surface area contributed by atoms with Gasteiger partial charge in [-0.2, -0.15) is 0 Å². The van der Waals surface area contributed by atoms with Crippen molar-refractivity contribution in [2.45, 2.75) is 172 Å². The SMILES string of the molecule is CC[C@@H]1/C=C(\C)C[C@H](C)C[C@H](OC)[C@H]2O[C@](O)([C@H](C)C[C@@H]2OC)[C@@H](O)C(=O)N2CCCCC2C(=O)O[C@H](/C(C)=C/C2CC[C@H](Cl)[C@H](OC)C2)[C@@H](C)[C@@H](O)CC1=O. The maximum Gasteiger partial charge on any atom is 0.329 e. The number of hydrogen-bond acceptors (Lipinski definition) is 11. The van der Waals surface area contributed by atoms with E-state index in [4.69, 9.17) is 35.3 Å². The van der Waals surface area contributed by atoms with E-state index in [1.54, 1.807) is 35.2 Å². The molecule has 1 aliphatic carbocycles. The van der Waals surface area contributed by atoms with Crippen molar-refractivity contribution in [1.29, 1.82) is 0 Å². The average molecular weight is 812 g/mol. The topological polar surface area (TPSA) is 161 Å². The van der Waals surface area contributed by atoms with Crippen molar-refractivity contribution in [2.24, 2.45) is 29.6 Å². The first-order valence-corrected chi connectivity index (χ1v) is 21.3. The molecule has 0 aromatic rings. The summed E-state index contributed by atoms with van der Waals surface area (Å²) in [6.45, 7) is 11.5. The van der Waals surface area contributed by atoms with E-state index in [0.717, 1.165) is 24.0 Å². The summed E-state index contributed by atoms with van der Waals surface area (Å²) in [5.41, 5.74) is 1.74. The van der Waals surface area contributed by atoms with Crippen molar-refractivity contribution >= 4 is 29.3 Å². The highest BCUT2D eigenvalue weighted by Crippen LogP contribution is 2.40. The average Bonchev–Trinajstić information content (AvgIpc) is 3.18. The molecule has 2 saturated heterocycles. The minimum atomic E-state index is -2.30. The Kier molecular flexibility index (Phi) is 17.4. The van der Waals surface area contributed by atoms with E-state index in [1.807, 2.05) is 26.8 Å². The molecular formula is C43H70ClNO11. The standard InChI is InChI=1S/C43H70ClNO11/c1-10-30-18-24(2)17-25(3)19-36(53-8)39-37(54-9)21-27(5)43(51,56-39)40(48)41(49)45-16-12-11-13-32(45)42(50)55-38(28(6)33(46)23-34(30)47)26(4)20-29-14-15-31(44)35(22-29)52-7/h18,20,25,27-33,35-40,46,48,51H,10-17,19,21-23H2,1-9H3/b24-18+,26-20+/t25-,27+,28-,29?,30+,31-,32?,33-,35+,36-,37-,38+,39+,40-,43+/m0/s1. The molecule has 3 aliphatic heterocycles. The van der Waals surface area contributed by atoms with Gasteiger partial charge in [-0.1, -0.05) is 45.4 Å². The van der Waals surface area contributed by atoms with Crippen LogP contribution in [0.2, 0.25) is 0 Å². The molecule has 1 amide bonds. The van der Waals surface area contributed by atoms with Gasteiger partial charge >= 0.3 is 5.97 Å². The van der Waals surface area contributed by atoms with Gasteiger partial charge in [-0.05, 0) is 95.5 Å². The number of rotatable bonds is 6. The number of methoxy groups -OCH3 is 3. The maximum atomic E-state index is 14.3. The molecule has 13 heteroatoms. The van der Waals surface area contributed by atoms with Crippen LogP contribution in [0.15, 0.2) is 23.3 Å². The molecule has 3 N–H and O–H groups in total. The first-order chi connectivity index (χ1) is 26.5. The molecule has 15 atom stereocenters. The van der Waals surface area contributed by atoms with Crippen molar-refractivity contribution in [3.05, 3.63) is 23.3 Å². The lowest BCUT2D eigenvalue weighted by Gasteiger charge is -2.49. The number of carbonyl (C=O) groups is 3. The molecule has 56 heavy (non-hydrogen) atoms. The summed E-state index contributed by atoms with van der Waals surface area (Å²) in [6, 6.07) is -1.05. The zero-order valence-electron chi connectivity index (χ0n) is 35.2. The summed E-state index contributed by atoms with van der Waals surface area (Å²) < 4.78 is 30.1. The van der Waals surface area contributed by atoms with E-state index in [-0.39, 0.29) is 54.9 Å². The number of aliphatic hydroxyl groups is 3. The van der Waals surface area contributed by atoms with Crippen LogP contribution in [0, 0.1) is 29.6 Å². The van der Waals surface area contributed by atoms with E-state index in [0.29, 0.717) is 38.5 Å². The molecule has 3 fully saturated rings. The van der Waals surface area contributed by atoms with Crippen LogP contribution in [0.3, 0.4) is 0 Å². The fraction of sp³-hybridized carbons (Fsp3) is 0.837. The predicted molar refractivity (Wildman–Crippen MR) is 213 cm³/mol. The zero-order valence-corrected chi connectivity index (χ0v) is 35.9. The number of esters is 1. The van der Waals surface area contributed by atoms with Gasteiger partial charge < -0.3 is 43.9 Å². The second kappa shape index (κ2) is 20.9. The summed E-state index contributed by atoms with van der Waals surface area (Å²) in [5.74, 6) is -5.56. The third-order valence-electron chi connectivity index (χ3n) is 13.0. The molecule has 0 spiro atoms. The van der Waals surface area contributed by atoms with Crippen LogP contribution in [0.1, 0.15) is 112 Å². The molecule has 320 valence electrons. The number of ether oxygens (including phenoxy) is 5. The quantitative estimate of drug-likeness (QED) is 0.176. The molecule has 12 nitrogen and oxygen atoms in total. The Morgan fingerprint density at radius 2 is 1.62 bits per heavy atom. The van der Waals surface area contributed by atoms with Crippen molar-refractivity contribution in [3.63, 3.8) is 0 Å². The number of piperidine rings is 1. The zero-order chi connectivity index (χ0) is 41.5. The number of amides is 1. The van der Waals surface area contributed by atoms with E-state index >= 15 is 0 Å². The number of nitrogens with zero attached hydrogens (tertiary/aromatic N) is 1. The summed E-state index contributed by atoms with van der Waals surface area (Å²) >= 11 is 6.53. The number of fused-ring (bicyclic) bond motifs is 3. The highest BCUT2D eigenvalue weighted by molar-refractivity contribution is 6.21. The second-order valence-corrected chi connectivity index (χ2v) is 17.8. The van der Waals surface area contributed by atoms with Gasteiger partial charge in [0.2, 0.25) is 5.79 Å². The monoisotopic (exact) mass is 811 g/mol. The van der Waals surface area contributed by atoms with Gasteiger partial charge in [-0.25, -0.2) is 4.79 Å². The molecule has 3 heterocycles.